The Bertz CT molecular complexity index is 749. The first-order valence-corrected chi connectivity index (χ1v) is 8.08. The molecule has 0 saturated heterocycles. The predicted octanol–water partition coefficient (Wildman–Crippen LogP) is 3.66. The first kappa shape index (κ1) is 15.8. The lowest BCUT2D eigenvalue weighted by Gasteiger charge is -2.33. The molecule has 1 aliphatic carbocycles. The number of rotatable bonds is 3. The number of aliphatic hydroxyl groups is 1. The zero-order valence-electron chi connectivity index (χ0n) is 13.8. The van der Waals surface area contributed by atoms with Crippen molar-refractivity contribution >= 4 is 11.1 Å². The van der Waals surface area contributed by atoms with Gasteiger partial charge in [-0.1, -0.05) is 19.9 Å². The number of oxazole rings is 1. The minimum Gasteiger partial charge on any atom is -0.493 e. The molecule has 0 bridgehead atoms. The van der Waals surface area contributed by atoms with E-state index in [-0.39, 0.29) is 12.0 Å². The predicted molar refractivity (Wildman–Crippen MR) is 86.4 cm³/mol. The Morgan fingerprint density at radius 3 is 2.65 bits per heavy atom. The molecular formula is C18H22N2O3. The second kappa shape index (κ2) is 5.86. The van der Waals surface area contributed by atoms with Crippen molar-refractivity contribution in [2.75, 3.05) is 7.11 Å². The van der Waals surface area contributed by atoms with Gasteiger partial charge in [0.05, 0.1) is 24.7 Å². The Hall–Kier alpha value is -2.06. The van der Waals surface area contributed by atoms with Crippen molar-refractivity contribution in [3.05, 3.63) is 23.6 Å². The lowest BCUT2D eigenvalue weighted by Crippen LogP contribution is -2.32. The molecule has 1 fully saturated rings. The fraction of sp³-hybridized carbons (Fsp3) is 0.556. The Labute approximate surface area is 135 Å². The molecule has 1 heterocycles. The summed E-state index contributed by atoms with van der Waals surface area (Å²) in [5.74, 6) is 1.44. The van der Waals surface area contributed by atoms with Crippen molar-refractivity contribution < 1.29 is 14.3 Å². The fourth-order valence-electron chi connectivity index (χ4n) is 3.33. The van der Waals surface area contributed by atoms with Gasteiger partial charge in [0.1, 0.15) is 5.52 Å². The second-order valence-corrected chi connectivity index (χ2v) is 6.63. The van der Waals surface area contributed by atoms with Crippen molar-refractivity contribution in [3.63, 3.8) is 0 Å². The normalized spacial score (nSPS) is 24.8. The third-order valence-corrected chi connectivity index (χ3v) is 4.78. The van der Waals surface area contributed by atoms with E-state index in [2.05, 4.69) is 11.1 Å². The monoisotopic (exact) mass is 314 g/mol. The highest BCUT2D eigenvalue weighted by Gasteiger charge is 2.39. The number of nitriles is 1. The van der Waals surface area contributed by atoms with Crippen molar-refractivity contribution in [1.29, 1.82) is 5.26 Å². The van der Waals surface area contributed by atoms with Crippen LogP contribution in [0.3, 0.4) is 0 Å². The van der Waals surface area contributed by atoms with Gasteiger partial charge in [0.15, 0.2) is 17.2 Å². The summed E-state index contributed by atoms with van der Waals surface area (Å²) < 4.78 is 11.3. The van der Waals surface area contributed by atoms with Gasteiger partial charge in [0.2, 0.25) is 0 Å². The number of aliphatic hydroxyl groups excluding tert-OH is 1. The summed E-state index contributed by atoms with van der Waals surface area (Å²) >= 11 is 0. The molecule has 1 saturated carbocycles. The van der Waals surface area contributed by atoms with Crippen molar-refractivity contribution in [1.82, 2.24) is 4.98 Å². The van der Waals surface area contributed by atoms with Crippen LogP contribution in [0.25, 0.3) is 11.1 Å². The number of fused-ring (bicyclic) bond motifs is 1. The smallest absolute Gasteiger partial charge is 0.198 e. The van der Waals surface area contributed by atoms with Crippen LogP contribution >= 0.6 is 0 Å². The van der Waals surface area contributed by atoms with Crippen molar-refractivity contribution in [2.24, 2.45) is 0 Å². The van der Waals surface area contributed by atoms with Gasteiger partial charge in [0, 0.05) is 11.5 Å². The first-order valence-electron chi connectivity index (χ1n) is 8.08. The van der Waals surface area contributed by atoms with Gasteiger partial charge >= 0.3 is 0 Å². The van der Waals surface area contributed by atoms with Gasteiger partial charge in [-0.25, -0.2) is 4.98 Å². The first-order chi connectivity index (χ1) is 11.0. The van der Waals surface area contributed by atoms with Crippen LogP contribution in [0, 0.1) is 11.3 Å². The van der Waals surface area contributed by atoms with E-state index in [9.17, 15) is 10.4 Å². The van der Waals surface area contributed by atoms with Crippen LogP contribution in [0.5, 0.6) is 5.75 Å². The third-order valence-electron chi connectivity index (χ3n) is 4.78. The summed E-state index contributed by atoms with van der Waals surface area (Å²) in [6.07, 6.45) is 2.23. The second-order valence-electron chi connectivity index (χ2n) is 6.63. The Morgan fingerprint density at radius 2 is 2.09 bits per heavy atom. The zero-order chi connectivity index (χ0) is 16.6. The number of aromatic nitrogens is 1. The molecule has 0 radical (unpaired) electrons. The number of hydrogen-bond acceptors (Lipinski definition) is 5. The number of methoxy groups -OCH3 is 1. The summed E-state index contributed by atoms with van der Waals surface area (Å²) in [6, 6.07) is 6.26. The van der Waals surface area contributed by atoms with E-state index < -0.39 is 5.41 Å². The lowest BCUT2D eigenvalue weighted by molar-refractivity contribution is 0.110. The molecule has 0 atom stereocenters. The van der Waals surface area contributed by atoms with E-state index in [1.165, 1.54) is 0 Å². The van der Waals surface area contributed by atoms with E-state index in [4.69, 9.17) is 9.15 Å². The highest BCUT2D eigenvalue weighted by Crippen LogP contribution is 2.44. The van der Waals surface area contributed by atoms with Crippen LogP contribution in [-0.4, -0.2) is 23.3 Å². The Morgan fingerprint density at radius 1 is 1.39 bits per heavy atom. The van der Waals surface area contributed by atoms with Crippen LogP contribution in [-0.2, 0) is 5.41 Å². The maximum absolute atomic E-state index is 9.86. The number of benzene rings is 1. The number of ether oxygens (including phenoxy) is 1. The summed E-state index contributed by atoms with van der Waals surface area (Å²) in [6.45, 7) is 4.04. The molecule has 122 valence electrons. The molecule has 0 spiro atoms. The minimum absolute atomic E-state index is 0.158. The van der Waals surface area contributed by atoms with Crippen LogP contribution < -0.4 is 4.74 Å². The fourth-order valence-corrected chi connectivity index (χ4v) is 3.33. The number of hydrogen-bond donors (Lipinski definition) is 1. The molecule has 0 amide bonds. The summed E-state index contributed by atoms with van der Waals surface area (Å²) in [5, 5.41) is 19.7. The lowest BCUT2D eigenvalue weighted by atomic mass is 9.69. The molecule has 2 aromatic rings. The van der Waals surface area contributed by atoms with Crippen molar-refractivity contribution in [3.8, 4) is 11.8 Å². The highest BCUT2D eigenvalue weighted by molar-refractivity contribution is 5.84. The topological polar surface area (TPSA) is 79.3 Å². The summed E-state index contributed by atoms with van der Waals surface area (Å²) in [4.78, 5) is 4.65. The van der Waals surface area contributed by atoms with E-state index in [0.29, 0.717) is 48.4 Å². The third kappa shape index (κ3) is 2.57. The van der Waals surface area contributed by atoms with Crippen LogP contribution in [0.4, 0.5) is 0 Å². The van der Waals surface area contributed by atoms with Crippen molar-refractivity contribution in [2.45, 2.75) is 57.0 Å². The molecule has 1 N–H and O–H groups in total. The van der Waals surface area contributed by atoms with Crippen LogP contribution in [0.2, 0.25) is 0 Å². The maximum atomic E-state index is 9.86. The van der Waals surface area contributed by atoms with Gasteiger partial charge in [0.25, 0.3) is 0 Å². The van der Waals surface area contributed by atoms with Gasteiger partial charge in [-0.2, -0.15) is 5.26 Å². The van der Waals surface area contributed by atoms with E-state index in [0.717, 1.165) is 5.56 Å². The molecule has 5 heteroatoms. The molecule has 1 aromatic carbocycles. The maximum Gasteiger partial charge on any atom is 0.198 e. The Balaban J connectivity index is 2.19. The quantitative estimate of drug-likeness (QED) is 0.935. The SMILES string of the molecule is COc1ccc(C2(C#N)CCC(O)CC2)c2nc(C(C)C)oc12. The summed E-state index contributed by atoms with van der Waals surface area (Å²) in [5.41, 5.74) is 1.59. The zero-order valence-corrected chi connectivity index (χ0v) is 13.8. The van der Waals surface area contributed by atoms with Gasteiger partial charge in [-0.05, 0) is 31.7 Å². The van der Waals surface area contributed by atoms with Crippen LogP contribution in [0.15, 0.2) is 16.5 Å². The molecular weight excluding hydrogens is 292 g/mol. The van der Waals surface area contributed by atoms with Gasteiger partial charge in [-0.3, -0.25) is 0 Å². The average Bonchev–Trinajstić information content (AvgIpc) is 3.01. The molecule has 1 aliphatic rings. The summed E-state index contributed by atoms with van der Waals surface area (Å²) in [7, 11) is 1.60. The molecule has 1 aromatic heterocycles. The van der Waals surface area contributed by atoms with Gasteiger partial charge < -0.3 is 14.3 Å². The average molecular weight is 314 g/mol. The molecule has 3 rings (SSSR count). The van der Waals surface area contributed by atoms with Crippen LogP contribution in [0.1, 0.15) is 56.9 Å². The molecule has 0 aliphatic heterocycles. The largest absolute Gasteiger partial charge is 0.493 e. The molecule has 5 nitrogen and oxygen atoms in total. The standard InChI is InChI=1S/C18H22N2O3/c1-11(2)17-20-15-13(4-5-14(22-3)16(15)23-17)18(10-19)8-6-12(21)7-9-18/h4-5,11-12,21H,6-9H2,1-3H3. The Kier molecular flexibility index (Phi) is 4.03. The van der Waals surface area contributed by atoms with Gasteiger partial charge in [-0.15, -0.1) is 0 Å². The highest BCUT2D eigenvalue weighted by atomic mass is 16.5. The number of nitrogens with zero attached hydrogens (tertiary/aromatic N) is 2. The van der Waals surface area contributed by atoms with E-state index in [1.807, 2.05) is 26.0 Å². The molecule has 23 heavy (non-hydrogen) atoms. The van der Waals surface area contributed by atoms with E-state index in [1.54, 1.807) is 7.11 Å². The minimum atomic E-state index is -0.616. The molecule has 0 unspecified atom stereocenters. The van der Waals surface area contributed by atoms with E-state index >= 15 is 0 Å².